The first kappa shape index (κ1) is 23.6. The van der Waals surface area contributed by atoms with Crippen molar-refractivity contribution in [2.45, 2.75) is 37.5 Å². The topological polar surface area (TPSA) is 59.0 Å². The lowest BCUT2D eigenvalue weighted by Crippen LogP contribution is -2.45. The summed E-state index contributed by atoms with van der Waals surface area (Å²) in [7, 11) is 3.10. The molecule has 1 atom stereocenters. The van der Waals surface area contributed by atoms with Crippen LogP contribution in [0.15, 0.2) is 36.4 Å². The molecule has 0 spiro atoms. The smallest absolute Gasteiger partial charge is 0.416 e. The molecule has 4 rings (SSSR count). The predicted octanol–water partition coefficient (Wildman–Crippen LogP) is 4.45. The lowest BCUT2D eigenvalue weighted by molar-refractivity contribution is -0.137. The van der Waals surface area contributed by atoms with Crippen LogP contribution in [-0.4, -0.2) is 49.6 Å². The molecule has 1 N–H and O–H groups in total. The third-order valence-electron chi connectivity index (χ3n) is 6.90. The number of hydrogen-bond donors (Lipinski definition) is 1. The molecule has 0 saturated carbocycles. The van der Waals surface area contributed by atoms with E-state index in [0.717, 1.165) is 30.5 Å². The molecule has 2 aromatic carbocycles. The Morgan fingerprint density at radius 3 is 2.39 bits per heavy atom. The molecule has 1 aliphatic heterocycles. The van der Waals surface area contributed by atoms with Crippen molar-refractivity contribution >= 4 is 5.78 Å². The maximum Gasteiger partial charge on any atom is 0.416 e. The monoisotopic (exact) mass is 463 g/mol. The SMILES string of the molecule is COc1cc2c(cc1OC)C(=O)C(CN1CCC(O)(c3cccc(C(F)(F)F)c3)CC1)CC2. The molecule has 178 valence electrons. The Hall–Kier alpha value is -2.58. The summed E-state index contributed by atoms with van der Waals surface area (Å²) in [6.45, 7) is 1.58. The summed E-state index contributed by atoms with van der Waals surface area (Å²) in [5, 5.41) is 11.1. The maximum absolute atomic E-state index is 13.2. The van der Waals surface area contributed by atoms with E-state index in [-0.39, 0.29) is 11.7 Å². The van der Waals surface area contributed by atoms with Gasteiger partial charge >= 0.3 is 6.18 Å². The number of carbonyl (C=O) groups is 1. The van der Waals surface area contributed by atoms with E-state index >= 15 is 0 Å². The van der Waals surface area contributed by atoms with E-state index in [0.29, 0.717) is 55.1 Å². The van der Waals surface area contributed by atoms with Crippen molar-refractivity contribution in [1.82, 2.24) is 4.90 Å². The quantitative estimate of drug-likeness (QED) is 0.710. The number of likely N-dealkylation sites (tertiary alicyclic amines) is 1. The third-order valence-corrected chi connectivity index (χ3v) is 6.90. The van der Waals surface area contributed by atoms with Crippen LogP contribution in [0.1, 0.15) is 46.3 Å². The molecule has 1 heterocycles. The van der Waals surface area contributed by atoms with Gasteiger partial charge in [-0.1, -0.05) is 12.1 Å². The third kappa shape index (κ3) is 4.73. The number of hydrogen-bond acceptors (Lipinski definition) is 5. The number of rotatable bonds is 5. The molecular weight excluding hydrogens is 435 g/mol. The van der Waals surface area contributed by atoms with E-state index in [9.17, 15) is 23.1 Å². The van der Waals surface area contributed by atoms with E-state index < -0.39 is 17.3 Å². The van der Waals surface area contributed by atoms with Gasteiger partial charge in [0.2, 0.25) is 0 Å². The van der Waals surface area contributed by atoms with Crippen LogP contribution in [0.4, 0.5) is 13.2 Å². The lowest BCUT2D eigenvalue weighted by Gasteiger charge is -2.40. The fourth-order valence-corrected chi connectivity index (χ4v) is 4.90. The van der Waals surface area contributed by atoms with Gasteiger partial charge in [-0.2, -0.15) is 13.2 Å². The Labute approximate surface area is 191 Å². The Balaban J connectivity index is 1.42. The number of aryl methyl sites for hydroxylation is 1. The van der Waals surface area contributed by atoms with Crippen LogP contribution in [0.5, 0.6) is 11.5 Å². The minimum atomic E-state index is -4.45. The summed E-state index contributed by atoms with van der Waals surface area (Å²) in [4.78, 5) is 15.3. The highest BCUT2D eigenvalue weighted by atomic mass is 19.4. The van der Waals surface area contributed by atoms with Gasteiger partial charge in [-0.25, -0.2) is 0 Å². The molecule has 0 aromatic heterocycles. The first-order valence-electron chi connectivity index (χ1n) is 11.1. The Morgan fingerprint density at radius 2 is 1.76 bits per heavy atom. The molecule has 0 bridgehead atoms. The van der Waals surface area contributed by atoms with Gasteiger partial charge in [0, 0.05) is 31.1 Å². The lowest BCUT2D eigenvalue weighted by atomic mass is 9.80. The van der Waals surface area contributed by atoms with E-state index in [4.69, 9.17) is 9.47 Å². The number of Topliss-reactive ketones (excluding diaryl/α,β-unsaturated/α-hetero) is 1. The Morgan fingerprint density at radius 1 is 1.09 bits per heavy atom. The zero-order valence-corrected chi connectivity index (χ0v) is 18.7. The van der Waals surface area contributed by atoms with Gasteiger partial charge < -0.3 is 19.5 Å². The molecule has 5 nitrogen and oxygen atoms in total. The highest BCUT2D eigenvalue weighted by Crippen LogP contribution is 2.39. The van der Waals surface area contributed by atoms with Crippen molar-refractivity contribution in [3.05, 3.63) is 58.7 Å². The second-order valence-corrected chi connectivity index (χ2v) is 8.87. The number of nitrogens with zero attached hydrogens (tertiary/aromatic N) is 1. The van der Waals surface area contributed by atoms with Crippen LogP contribution in [0.25, 0.3) is 0 Å². The Kier molecular flexibility index (Phi) is 6.42. The second-order valence-electron chi connectivity index (χ2n) is 8.87. The number of ether oxygens (including phenoxy) is 2. The highest BCUT2D eigenvalue weighted by molar-refractivity contribution is 6.01. The average Bonchev–Trinajstić information content (AvgIpc) is 2.81. The molecule has 0 radical (unpaired) electrons. The highest BCUT2D eigenvalue weighted by Gasteiger charge is 2.38. The number of carbonyl (C=O) groups excluding carboxylic acids is 1. The van der Waals surface area contributed by atoms with E-state index in [1.54, 1.807) is 19.2 Å². The second kappa shape index (κ2) is 8.99. The normalized spacial score (nSPS) is 20.9. The van der Waals surface area contributed by atoms with Gasteiger partial charge in [0.1, 0.15) is 0 Å². The van der Waals surface area contributed by atoms with Crippen molar-refractivity contribution in [1.29, 1.82) is 0 Å². The molecule has 2 aromatic rings. The first-order valence-corrected chi connectivity index (χ1v) is 11.1. The van der Waals surface area contributed by atoms with Gasteiger partial charge in [0.25, 0.3) is 0 Å². The van der Waals surface area contributed by atoms with Gasteiger partial charge in [-0.3, -0.25) is 4.79 Å². The number of methoxy groups -OCH3 is 2. The van der Waals surface area contributed by atoms with Crippen LogP contribution in [-0.2, 0) is 18.2 Å². The van der Waals surface area contributed by atoms with Crippen LogP contribution in [0.2, 0.25) is 0 Å². The predicted molar refractivity (Wildman–Crippen MR) is 117 cm³/mol. The van der Waals surface area contributed by atoms with Gasteiger partial charge in [0.05, 0.1) is 25.4 Å². The summed E-state index contributed by atoms with van der Waals surface area (Å²) in [6, 6.07) is 8.54. The number of fused-ring (bicyclic) bond motifs is 1. The molecule has 33 heavy (non-hydrogen) atoms. The standard InChI is InChI=1S/C25H28F3NO4/c1-32-21-12-16-6-7-17(23(30)20(16)14-22(21)33-2)15-29-10-8-24(31,9-11-29)18-4-3-5-19(13-18)25(26,27)28/h3-5,12-14,17,31H,6-11,15H2,1-2H3. The van der Waals surface area contributed by atoms with E-state index in [2.05, 4.69) is 4.90 Å². The molecule has 1 unspecified atom stereocenters. The fourth-order valence-electron chi connectivity index (χ4n) is 4.90. The summed E-state index contributed by atoms with van der Waals surface area (Å²) >= 11 is 0. The summed E-state index contributed by atoms with van der Waals surface area (Å²) in [6.07, 6.45) is -2.34. The van der Waals surface area contributed by atoms with Crippen molar-refractivity contribution in [2.75, 3.05) is 33.9 Å². The number of benzene rings is 2. The molecule has 2 aliphatic rings. The number of alkyl halides is 3. The van der Waals surface area contributed by atoms with Crippen LogP contribution >= 0.6 is 0 Å². The summed E-state index contributed by atoms with van der Waals surface area (Å²) in [5.74, 6) is 1.02. The molecule has 1 fully saturated rings. The van der Waals surface area contributed by atoms with Crippen LogP contribution in [0.3, 0.4) is 0 Å². The number of ketones is 1. The number of aliphatic hydroxyl groups is 1. The first-order chi connectivity index (χ1) is 15.6. The van der Waals surface area contributed by atoms with Crippen molar-refractivity contribution < 1.29 is 32.5 Å². The molecular formula is C25H28F3NO4. The molecule has 8 heteroatoms. The minimum Gasteiger partial charge on any atom is -0.493 e. The molecule has 0 amide bonds. The number of piperidine rings is 1. The molecule has 1 saturated heterocycles. The van der Waals surface area contributed by atoms with Gasteiger partial charge in [0.15, 0.2) is 17.3 Å². The van der Waals surface area contributed by atoms with E-state index in [1.807, 2.05) is 6.07 Å². The summed E-state index contributed by atoms with van der Waals surface area (Å²) in [5.41, 5.74) is -0.159. The largest absolute Gasteiger partial charge is 0.493 e. The maximum atomic E-state index is 13.2. The van der Waals surface area contributed by atoms with Crippen LogP contribution in [0, 0.1) is 5.92 Å². The van der Waals surface area contributed by atoms with Gasteiger partial charge in [-0.05, 0) is 61.1 Å². The van der Waals surface area contributed by atoms with Gasteiger partial charge in [-0.15, -0.1) is 0 Å². The van der Waals surface area contributed by atoms with Crippen molar-refractivity contribution in [3.8, 4) is 11.5 Å². The Bertz CT molecular complexity index is 1030. The number of halogens is 3. The zero-order valence-electron chi connectivity index (χ0n) is 18.7. The minimum absolute atomic E-state index is 0.0657. The van der Waals surface area contributed by atoms with Crippen molar-refractivity contribution in [3.63, 3.8) is 0 Å². The summed E-state index contributed by atoms with van der Waals surface area (Å²) < 4.78 is 49.9. The fraction of sp³-hybridized carbons (Fsp3) is 0.480. The zero-order chi connectivity index (χ0) is 23.8. The van der Waals surface area contributed by atoms with E-state index in [1.165, 1.54) is 13.2 Å². The average molecular weight is 463 g/mol. The van der Waals surface area contributed by atoms with Crippen LogP contribution < -0.4 is 9.47 Å². The molecule has 1 aliphatic carbocycles. The van der Waals surface area contributed by atoms with Crippen molar-refractivity contribution in [2.24, 2.45) is 5.92 Å².